The third kappa shape index (κ3) is 2.08. The van der Waals surface area contributed by atoms with E-state index >= 15 is 0 Å². The van der Waals surface area contributed by atoms with Crippen LogP contribution in [0.5, 0.6) is 11.5 Å². The number of benzene rings is 1. The van der Waals surface area contributed by atoms with Gasteiger partial charge in [-0.2, -0.15) is 5.90 Å². The summed E-state index contributed by atoms with van der Waals surface area (Å²) < 4.78 is 10.3. The van der Waals surface area contributed by atoms with Crippen LogP contribution in [-0.2, 0) is 9.63 Å². The SMILES string of the molecule is NOC(=O)/C=C/c1ccc2c(c1)OCO2. The van der Waals surface area contributed by atoms with Gasteiger partial charge in [0.1, 0.15) is 0 Å². The van der Waals surface area contributed by atoms with Crippen molar-refractivity contribution in [2.24, 2.45) is 5.90 Å². The molecule has 0 spiro atoms. The standard InChI is InChI=1S/C10H9NO4/c11-15-10(12)4-2-7-1-3-8-9(5-7)14-6-13-8/h1-5H,6,11H2/b4-2+. The molecule has 1 aliphatic rings. The molecule has 0 aliphatic carbocycles. The lowest BCUT2D eigenvalue weighted by Crippen LogP contribution is -2.05. The molecule has 1 aliphatic heterocycles. The Balaban J connectivity index is 2.16. The molecule has 0 saturated carbocycles. The Hall–Kier alpha value is -2.01. The first-order valence-electron chi connectivity index (χ1n) is 4.28. The summed E-state index contributed by atoms with van der Waals surface area (Å²) in [6.07, 6.45) is 2.81. The summed E-state index contributed by atoms with van der Waals surface area (Å²) in [4.78, 5) is 14.7. The zero-order valence-electron chi connectivity index (χ0n) is 7.80. The summed E-state index contributed by atoms with van der Waals surface area (Å²) >= 11 is 0. The van der Waals surface area contributed by atoms with E-state index in [0.29, 0.717) is 11.5 Å². The summed E-state index contributed by atoms with van der Waals surface area (Å²) in [5.41, 5.74) is 0.810. The molecule has 5 heteroatoms. The molecular weight excluding hydrogens is 198 g/mol. The Morgan fingerprint density at radius 3 is 3.00 bits per heavy atom. The Labute approximate surface area is 86.0 Å². The Morgan fingerprint density at radius 1 is 1.40 bits per heavy atom. The summed E-state index contributed by atoms with van der Waals surface area (Å²) in [6, 6.07) is 5.34. The predicted molar refractivity (Wildman–Crippen MR) is 51.9 cm³/mol. The molecule has 2 rings (SSSR count). The van der Waals surface area contributed by atoms with Crippen molar-refractivity contribution in [2.75, 3.05) is 6.79 Å². The van der Waals surface area contributed by atoms with Gasteiger partial charge in [0.25, 0.3) is 0 Å². The second-order valence-corrected chi connectivity index (χ2v) is 2.88. The highest BCUT2D eigenvalue weighted by Crippen LogP contribution is 2.32. The van der Waals surface area contributed by atoms with Gasteiger partial charge in [0.15, 0.2) is 11.5 Å². The Bertz CT molecular complexity index is 414. The van der Waals surface area contributed by atoms with Gasteiger partial charge in [0, 0.05) is 6.08 Å². The maximum absolute atomic E-state index is 10.7. The van der Waals surface area contributed by atoms with Gasteiger partial charge in [0.2, 0.25) is 6.79 Å². The van der Waals surface area contributed by atoms with Crippen molar-refractivity contribution in [3.8, 4) is 11.5 Å². The van der Waals surface area contributed by atoms with Crippen LogP contribution in [0.1, 0.15) is 5.56 Å². The van der Waals surface area contributed by atoms with Crippen molar-refractivity contribution in [3.05, 3.63) is 29.8 Å². The third-order valence-corrected chi connectivity index (χ3v) is 1.92. The van der Waals surface area contributed by atoms with Crippen molar-refractivity contribution < 1.29 is 19.1 Å². The van der Waals surface area contributed by atoms with E-state index in [1.54, 1.807) is 24.3 Å². The van der Waals surface area contributed by atoms with Crippen molar-refractivity contribution in [2.45, 2.75) is 0 Å². The van der Waals surface area contributed by atoms with Crippen LogP contribution < -0.4 is 15.4 Å². The minimum Gasteiger partial charge on any atom is -0.454 e. The lowest BCUT2D eigenvalue weighted by atomic mass is 10.2. The fourth-order valence-corrected chi connectivity index (χ4v) is 1.22. The minimum absolute atomic E-state index is 0.230. The van der Waals surface area contributed by atoms with E-state index in [1.165, 1.54) is 6.08 Å². The first kappa shape index (κ1) is 9.54. The zero-order valence-corrected chi connectivity index (χ0v) is 7.80. The average molecular weight is 207 g/mol. The van der Waals surface area contributed by atoms with Gasteiger partial charge in [-0.05, 0) is 23.8 Å². The van der Waals surface area contributed by atoms with Gasteiger partial charge in [-0.25, -0.2) is 4.79 Å². The Kier molecular flexibility index (Phi) is 2.55. The zero-order chi connectivity index (χ0) is 10.7. The topological polar surface area (TPSA) is 70.8 Å². The number of hydrogen-bond donors (Lipinski definition) is 1. The fraction of sp³-hybridized carbons (Fsp3) is 0.100. The van der Waals surface area contributed by atoms with E-state index < -0.39 is 5.97 Å². The smallest absolute Gasteiger partial charge is 0.349 e. The Morgan fingerprint density at radius 2 is 2.20 bits per heavy atom. The minimum atomic E-state index is -0.604. The molecule has 0 saturated heterocycles. The van der Waals surface area contributed by atoms with Gasteiger partial charge in [-0.1, -0.05) is 6.07 Å². The molecular formula is C10H9NO4. The van der Waals surface area contributed by atoms with Crippen LogP contribution in [0.4, 0.5) is 0 Å². The van der Waals surface area contributed by atoms with Crippen LogP contribution in [0.15, 0.2) is 24.3 Å². The largest absolute Gasteiger partial charge is 0.454 e. The van der Waals surface area contributed by atoms with Crippen molar-refractivity contribution in [3.63, 3.8) is 0 Å². The first-order valence-corrected chi connectivity index (χ1v) is 4.28. The van der Waals surface area contributed by atoms with Crippen LogP contribution >= 0.6 is 0 Å². The van der Waals surface area contributed by atoms with E-state index in [4.69, 9.17) is 9.47 Å². The summed E-state index contributed by atoms with van der Waals surface area (Å²) in [7, 11) is 0. The van der Waals surface area contributed by atoms with Crippen LogP contribution in [0, 0.1) is 0 Å². The molecule has 0 atom stereocenters. The molecule has 0 unspecified atom stereocenters. The molecule has 0 aromatic heterocycles. The number of hydrogen-bond acceptors (Lipinski definition) is 5. The molecule has 1 heterocycles. The molecule has 78 valence electrons. The molecule has 1 aromatic rings. The fourth-order valence-electron chi connectivity index (χ4n) is 1.22. The highest BCUT2D eigenvalue weighted by atomic mass is 16.7. The lowest BCUT2D eigenvalue weighted by molar-refractivity contribution is -0.138. The van der Waals surface area contributed by atoms with E-state index in [2.05, 4.69) is 10.7 Å². The third-order valence-electron chi connectivity index (χ3n) is 1.92. The predicted octanol–water partition coefficient (Wildman–Crippen LogP) is 0.845. The average Bonchev–Trinajstić information content (AvgIpc) is 2.72. The van der Waals surface area contributed by atoms with E-state index in [1.807, 2.05) is 0 Å². The molecule has 5 nitrogen and oxygen atoms in total. The maximum atomic E-state index is 10.7. The van der Waals surface area contributed by atoms with E-state index in [-0.39, 0.29) is 6.79 Å². The van der Waals surface area contributed by atoms with Gasteiger partial charge >= 0.3 is 5.97 Å². The monoisotopic (exact) mass is 207 g/mol. The summed E-state index contributed by atoms with van der Waals surface area (Å²) in [6.45, 7) is 0.230. The number of rotatable bonds is 2. The van der Waals surface area contributed by atoms with E-state index in [9.17, 15) is 4.79 Å². The second kappa shape index (κ2) is 4.02. The number of carbonyl (C=O) groups is 1. The van der Waals surface area contributed by atoms with Crippen molar-refractivity contribution in [1.82, 2.24) is 0 Å². The van der Waals surface area contributed by atoms with Crippen LogP contribution in [0.25, 0.3) is 6.08 Å². The quantitative estimate of drug-likeness (QED) is 0.575. The molecule has 0 radical (unpaired) electrons. The van der Waals surface area contributed by atoms with Gasteiger partial charge in [0.05, 0.1) is 0 Å². The van der Waals surface area contributed by atoms with Crippen LogP contribution in [0.2, 0.25) is 0 Å². The number of fused-ring (bicyclic) bond motifs is 1. The molecule has 1 aromatic carbocycles. The number of carbonyl (C=O) groups excluding carboxylic acids is 1. The molecule has 0 bridgehead atoms. The summed E-state index contributed by atoms with van der Waals surface area (Å²) in [5.74, 6) is 5.44. The van der Waals surface area contributed by atoms with Gasteiger partial charge in [-0.15, -0.1) is 0 Å². The lowest BCUT2D eigenvalue weighted by Gasteiger charge is -1.97. The van der Waals surface area contributed by atoms with Gasteiger partial charge < -0.3 is 14.3 Å². The molecule has 0 fully saturated rings. The summed E-state index contributed by atoms with van der Waals surface area (Å²) in [5, 5.41) is 0. The number of nitrogens with two attached hydrogens (primary N) is 1. The van der Waals surface area contributed by atoms with E-state index in [0.717, 1.165) is 5.56 Å². The van der Waals surface area contributed by atoms with Crippen LogP contribution in [0.3, 0.4) is 0 Å². The number of ether oxygens (including phenoxy) is 2. The maximum Gasteiger partial charge on any atom is 0.349 e. The second-order valence-electron chi connectivity index (χ2n) is 2.88. The molecule has 15 heavy (non-hydrogen) atoms. The van der Waals surface area contributed by atoms with Crippen molar-refractivity contribution in [1.29, 1.82) is 0 Å². The molecule has 0 amide bonds. The normalized spacial score (nSPS) is 13.1. The van der Waals surface area contributed by atoms with Gasteiger partial charge in [-0.3, -0.25) is 0 Å². The highest BCUT2D eigenvalue weighted by molar-refractivity contribution is 5.86. The molecule has 2 N–H and O–H groups in total. The van der Waals surface area contributed by atoms with Crippen LogP contribution in [-0.4, -0.2) is 12.8 Å². The highest BCUT2D eigenvalue weighted by Gasteiger charge is 2.12. The van der Waals surface area contributed by atoms with Crippen molar-refractivity contribution >= 4 is 12.0 Å². The first-order chi connectivity index (χ1) is 7.29.